The van der Waals surface area contributed by atoms with Crippen LogP contribution in [0.4, 0.5) is 0 Å². The van der Waals surface area contributed by atoms with Crippen molar-refractivity contribution in [3.05, 3.63) is 36.5 Å². The Hall–Kier alpha value is -1.93. The minimum Gasteiger partial charge on any atom is -0.244 e. The van der Waals surface area contributed by atoms with Crippen molar-refractivity contribution >= 4 is 10.0 Å². The number of aromatic nitrogens is 4. The molecule has 0 N–H and O–H groups in total. The molecule has 0 radical (unpaired) electrons. The molecule has 2 aromatic rings. The monoisotopic (exact) mass is 319 g/mol. The Morgan fingerprint density at radius 1 is 1.23 bits per heavy atom. The molecule has 8 heteroatoms. The van der Waals surface area contributed by atoms with E-state index in [1.807, 2.05) is 12.1 Å². The summed E-state index contributed by atoms with van der Waals surface area (Å²) < 4.78 is 24.6. The van der Waals surface area contributed by atoms with Crippen molar-refractivity contribution in [3.8, 4) is 11.3 Å². The molecule has 1 saturated heterocycles. The van der Waals surface area contributed by atoms with Crippen molar-refractivity contribution in [1.82, 2.24) is 24.5 Å². The average Bonchev–Trinajstić information content (AvgIpc) is 2.98. The molecule has 0 unspecified atom stereocenters. The Labute approximate surface area is 129 Å². The van der Waals surface area contributed by atoms with Gasteiger partial charge in [0.2, 0.25) is 10.0 Å². The van der Waals surface area contributed by atoms with Crippen LogP contribution in [-0.4, -0.2) is 52.2 Å². The summed E-state index contributed by atoms with van der Waals surface area (Å²) in [5.41, 5.74) is 2.43. The van der Waals surface area contributed by atoms with Gasteiger partial charge in [-0.2, -0.15) is 10.2 Å². The lowest BCUT2D eigenvalue weighted by Crippen LogP contribution is -2.27. The Balaban J connectivity index is 1.65. The standard InChI is InChI=1S/C14H17N5O2S/c1-22(20,21)19-5-4-11(9-19)6-13-2-3-14(18-17-13)12-7-15-10-16-8-12/h2-3,7-8,10-11H,4-6,9H2,1H3/t11-/m1/s1. The van der Waals surface area contributed by atoms with E-state index in [9.17, 15) is 8.42 Å². The van der Waals surface area contributed by atoms with Crippen LogP contribution < -0.4 is 0 Å². The molecule has 1 atom stereocenters. The van der Waals surface area contributed by atoms with E-state index in [4.69, 9.17) is 0 Å². The van der Waals surface area contributed by atoms with Crippen LogP contribution in [0.3, 0.4) is 0 Å². The molecule has 0 saturated carbocycles. The van der Waals surface area contributed by atoms with E-state index in [-0.39, 0.29) is 0 Å². The van der Waals surface area contributed by atoms with Gasteiger partial charge in [0.25, 0.3) is 0 Å². The highest BCUT2D eigenvalue weighted by Gasteiger charge is 2.28. The summed E-state index contributed by atoms with van der Waals surface area (Å²) in [4.78, 5) is 7.91. The third kappa shape index (κ3) is 3.45. The van der Waals surface area contributed by atoms with E-state index < -0.39 is 10.0 Å². The molecule has 2 aromatic heterocycles. The number of hydrogen-bond acceptors (Lipinski definition) is 6. The Morgan fingerprint density at radius 2 is 2.00 bits per heavy atom. The van der Waals surface area contributed by atoms with Crippen LogP contribution in [0.1, 0.15) is 12.1 Å². The van der Waals surface area contributed by atoms with Crippen LogP contribution in [0.5, 0.6) is 0 Å². The fraction of sp³-hybridized carbons (Fsp3) is 0.429. The van der Waals surface area contributed by atoms with E-state index in [0.717, 1.165) is 29.8 Å². The van der Waals surface area contributed by atoms with Gasteiger partial charge in [-0.05, 0) is 30.9 Å². The van der Waals surface area contributed by atoms with Crippen LogP contribution in [-0.2, 0) is 16.4 Å². The van der Waals surface area contributed by atoms with Gasteiger partial charge in [-0.1, -0.05) is 0 Å². The first-order valence-corrected chi connectivity index (χ1v) is 8.90. The summed E-state index contributed by atoms with van der Waals surface area (Å²) in [5, 5.41) is 8.43. The normalized spacial score (nSPS) is 19.4. The predicted octanol–water partition coefficient (Wildman–Crippen LogP) is 0.758. The first-order chi connectivity index (χ1) is 10.5. The summed E-state index contributed by atoms with van der Waals surface area (Å²) in [6.07, 6.45) is 7.72. The lowest BCUT2D eigenvalue weighted by Gasteiger charge is -2.12. The van der Waals surface area contributed by atoms with Gasteiger partial charge >= 0.3 is 0 Å². The number of sulfonamides is 1. The van der Waals surface area contributed by atoms with Gasteiger partial charge in [-0.3, -0.25) is 0 Å². The molecule has 1 aliphatic rings. The number of rotatable bonds is 4. The lowest BCUT2D eigenvalue weighted by molar-refractivity contribution is 0.458. The van der Waals surface area contributed by atoms with E-state index in [1.165, 1.54) is 16.9 Å². The second-order valence-electron chi connectivity index (χ2n) is 5.52. The highest BCUT2D eigenvalue weighted by molar-refractivity contribution is 7.88. The van der Waals surface area contributed by atoms with Crippen LogP contribution in [0.2, 0.25) is 0 Å². The Kier molecular flexibility index (Phi) is 4.12. The van der Waals surface area contributed by atoms with E-state index in [2.05, 4.69) is 20.2 Å². The largest absolute Gasteiger partial charge is 0.244 e. The van der Waals surface area contributed by atoms with E-state index >= 15 is 0 Å². The molecule has 3 rings (SSSR count). The fourth-order valence-electron chi connectivity index (χ4n) is 2.61. The number of nitrogens with zero attached hydrogens (tertiary/aromatic N) is 5. The molecule has 0 amide bonds. The van der Waals surface area contributed by atoms with Gasteiger partial charge in [-0.15, -0.1) is 0 Å². The molecule has 1 fully saturated rings. The van der Waals surface area contributed by atoms with E-state index in [0.29, 0.717) is 19.0 Å². The van der Waals surface area contributed by atoms with Crippen molar-refractivity contribution in [2.24, 2.45) is 5.92 Å². The minimum atomic E-state index is -3.09. The Bertz CT molecular complexity index is 734. The second-order valence-corrected chi connectivity index (χ2v) is 7.50. The zero-order valence-corrected chi connectivity index (χ0v) is 13.1. The molecule has 1 aliphatic heterocycles. The molecular formula is C14H17N5O2S. The van der Waals surface area contributed by atoms with Gasteiger partial charge in [0, 0.05) is 31.0 Å². The Morgan fingerprint density at radius 3 is 2.59 bits per heavy atom. The van der Waals surface area contributed by atoms with Crippen molar-refractivity contribution in [2.75, 3.05) is 19.3 Å². The van der Waals surface area contributed by atoms with Gasteiger partial charge in [0.15, 0.2) is 0 Å². The van der Waals surface area contributed by atoms with Crippen LogP contribution in [0.15, 0.2) is 30.9 Å². The molecule has 116 valence electrons. The van der Waals surface area contributed by atoms with E-state index in [1.54, 1.807) is 12.4 Å². The zero-order valence-electron chi connectivity index (χ0n) is 12.3. The van der Waals surface area contributed by atoms with Gasteiger partial charge in [0.1, 0.15) is 6.33 Å². The molecule has 0 aromatic carbocycles. The third-order valence-corrected chi connectivity index (χ3v) is 5.06. The van der Waals surface area contributed by atoms with Crippen molar-refractivity contribution in [1.29, 1.82) is 0 Å². The molecule has 3 heterocycles. The van der Waals surface area contributed by atoms with Crippen LogP contribution in [0, 0.1) is 5.92 Å². The molecule has 0 bridgehead atoms. The molecule has 22 heavy (non-hydrogen) atoms. The molecule has 0 aliphatic carbocycles. The van der Waals surface area contributed by atoms with Crippen LogP contribution >= 0.6 is 0 Å². The molecular weight excluding hydrogens is 302 g/mol. The molecule has 7 nitrogen and oxygen atoms in total. The summed E-state index contributed by atoms with van der Waals surface area (Å²) in [5.74, 6) is 0.301. The van der Waals surface area contributed by atoms with Gasteiger partial charge in [0.05, 0.1) is 17.6 Å². The first kappa shape index (κ1) is 15.0. The van der Waals surface area contributed by atoms with Crippen molar-refractivity contribution < 1.29 is 8.42 Å². The van der Waals surface area contributed by atoms with Gasteiger partial charge < -0.3 is 0 Å². The SMILES string of the molecule is CS(=O)(=O)N1CC[C@H](Cc2ccc(-c3cncnc3)nn2)C1. The fourth-order valence-corrected chi connectivity index (χ4v) is 3.53. The predicted molar refractivity (Wildman–Crippen MR) is 81.3 cm³/mol. The van der Waals surface area contributed by atoms with Crippen molar-refractivity contribution in [2.45, 2.75) is 12.8 Å². The minimum absolute atomic E-state index is 0.301. The maximum Gasteiger partial charge on any atom is 0.211 e. The quantitative estimate of drug-likeness (QED) is 0.826. The van der Waals surface area contributed by atoms with Crippen LogP contribution in [0.25, 0.3) is 11.3 Å². The van der Waals surface area contributed by atoms with Crippen molar-refractivity contribution in [3.63, 3.8) is 0 Å². The smallest absolute Gasteiger partial charge is 0.211 e. The maximum absolute atomic E-state index is 11.5. The first-order valence-electron chi connectivity index (χ1n) is 7.05. The third-order valence-electron chi connectivity index (χ3n) is 3.79. The second kappa shape index (κ2) is 6.05. The maximum atomic E-state index is 11.5. The lowest BCUT2D eigenvalue weighted by atomic mass is 10.0. The summed E-state index contributed by atoms with van der Waals surface area (Å²) >= 11 is 0. The highest BCUT2D eigenvalue weighted by atomic mass is 32.2. The topological polar surface area (TPSA) is 88.9 Å². The van der Waals surface area contributed by atoms with Gasteiger partial charge in [-0.25, -0.2) is 22.7 Å². The average molecular weight is 319 g/mol. The summed E-state index contributed by atoms with van der Waals surface area (Å²) in [6.45, 7) is 1.16. The zero-order chi connectivity index (χ0) is 15.6. The summed E-state index contributed by atoms with van der Waals surface area (Å²) in [6, 6.07) is 3.82. The molecule has 0 spiro atoms. The number of hydrogen-bond donors (Lipinski definition) is 0. The highest BCUT2D eigenvalue weighted by Crippen LogP contribution is 2.22. The summed E-state index contributed by atoms with van der Waals surface area (Å²) in [7, 11) is -3.09.